The SMILES string of the molecule is CCOC(=O)[C@H](CO)NC(=O)c1c(C)ccc2ccccc12. The van der Waals surface area contributed by atoms with E-state index in [4.69, 9.17) is 4.74 Å². The molecule has 0 spiro atoms. The molecule has 0 fully saturated rings. The Morgan fingerprint density at radius 3 is 2.64 bits per heavy atom. The number of amides is 1. The minimum Gasteiger partial charge on any atom is -0.464 e. The van der Waals surface area contributed by atoms with Crippen molar-refractivity contribution < 1.29 is 19.4 Å². The van der Waals surface area contributed by atoms with Crippen molar-refractivity contribution in [3.8, 4) is 0 Å². The molecule has 2 aromatic rings. The lowest BCUT2D eigenvalue weighted by molar-refractivity contribution is -0.146. The summed E-state index contributed by atoms with van der Waals surface area (Å²) in [5, 5.41) is 13.6. The quantitative estimate of drug-likeness (QED) is 0.826. The van der Waals surface area contributed by atoms with Gasteiger partial charge in [-0.15, -0.1) is 0 Å². The van der Waals surface area contributed by atoms with Gasteiger partial charge in [-0.1, -0.05) is 36.4 Å². The van der Waals surface area contributed by atoms with Gasteiger partial charge in [0, 0.05) is 0 Å². The zero-order valence-electron chi connectivity index (χ0n) is 12.6. The maximum Gasteiger partial charge on any atom is 0.331 e. The average molecular weight is 301 g/mol. The van der Waals surface area contributed by atoms with Crippen molar-refractivity contribution in [2.75, 3.05) is 13.2 Å². The van der Waals surface area contributed by atoms with Gasteiger partial charge in [-0.2, -0.15) is 0 Å². The third kappa shape index (κ3) is 3.26. The second-order valence-electron chi connectivity index (χ2n) is 4.94. The molecule has 0 saturated heterocycles. The molecule has 1 atom stereocenters. The highest BCUT2D eigenvalue weighted by atomic mass is 16.5. The topological polar surface area (TPSA) is 75.6 Å². The summed E-state index contributed by atoms with van der Waals surface area (Å²) in [4.78, 5) is 24.2. The molecule has 2 rings (SSSR count). The van der Waals surface area contributed by atoms with Crippen LogP contribution in [0.3, 0.4) is 0 Å². The fourth-order valence-electron chi connectivity index (χ4n) is 2.33. The van der Waals surface area contributed by atoms with Gasteiger partial charge in [0.25, 0.3) is 5.91 Å². The van der Waals surface area contributed by atoms with E-state index in [1.54, 1.807) is 6.92 Å². The van der Waals surface area contributed by atoms with Crippen molar-refractivity contribution in [2.45, 2.75) is 19.9 Å². The zero-order chi connectivity index (χ0) is 16.1. The molecule has 0 aliphatic carbocycles. The molecule has 1 amide bonds. The van der Waals surface area contributed by atoms with Crippen LogP contribution in [0.15, 0.2) is 36.4 Å². The van der Waals surface area contributed by atoms with Gasteiger partial charge in [0.2, 0.25) is 0 Å². The first kappa shape index (κ1) is 16.0. The number of aliphatic hydroxyl groups excluding tert-OH is 1. The highest BCUT2D eigenvalue weighted by Crippen LogP contribution is 2.22. The van der Waals surface area contributed by atoms with Crippen molar-refractivity contribution in [3.63, 3.8) is 0 Å². The van der Waals surface area contributed by atoms with Crippen LogP contribution in [0, 0.1) is 6.92 Å². The van der Waals surface area contributed by atoms with E-state index in [1.807, 2.05) is 43.3 Å². The number of aliphatic hydroxyl groups is 1. The molecule has 22 heavy (non-hydrogen) atoms. The third-order valence-corrected chi connectivity index (χ3v) is 3.42. The van der Waals surface area contributed by atoms with E-state index >= 15 is 0 Å². The van der Waals surface area contributed by atoms with Gasteiger partial charge in [-0.3, -0.25) is 4.79 Å². The molecule has 0 aliphatic heterocycles. The number of carbonyl (C=O) groups excluding carboxylic acids is 2. The van der Waals surface area contributed by atoms with Gasteiger partial charge in [-0.25, -0.2) is 4.79 Å². The van der Waals surface area contributed by atoms with E-state index in [9.17, 15) is 14.7 Å². The number of nitrogens with one attached hydrogen (secondary N) is 1. The number of carbonyl (C=O) groups is 2. The minimum absolute atomic E-state index is 0.193. The number of benzene rings is 2. The van der Waals surface area contributed by atoms with E-state index in [2.05, 4.69) is 5.32 Å². The van der Waals surface area contributed by atoms with Gasteiger partial charge >= 0.3 is 5.97 Å². The number of ether oxygens (including phenoxy) is 1. The number of aryl methyl sites for hydroxylation is 1. The Morgan fingerprint density at radius 2 is 1.95 bits per heavy atom. The molecule has 2 N–H and O–H groups in total. The van der Waals surface area contributed by atoms with Crippen molar-refractivity contribution >= 4 is 22.6 Å². The van der Waals surface area contributed by atoms with Crippen LogP contribution in [0.25, 0.3) is 10.8 Å². The molecule has 0 heterocycles. The fraction of sp³-hybridized carbons (Fsp3) is 0.294. The number of esters is 1. The van der Waals surface area contributed by atoms with Gasteiger partial charge in [0.1, 0.15) is 0 Å². The van der Waals surface area contributed by atoms with Crippen molar-refractivity contribution in [3.05, 3.63) is 47.5 Å². The first-order valence-electron chi connectivity index (χ1n) is 7.15. The molecule has 0 unspecified atom stereocenters. The summed E-state index contributed by atoms with van der Waals surface area (Å²) < 4.78 is 4.84. The Morgan fingerprint density at radius 1 is 1.23 bits per heavy atom. The monoisotopic (exact) mass is 301 g/mol. The minimum atomic E-state index is -1.06. The summed E-state index contributed by atoms with van der Waals surface area (Å²) in [6, 6.07) is 10.3. The average Bonchev–Trinajstić information content (AvgIpc) is 2.52. The highest BCUT2D eigenvalue weighted by molar-refractivity contribution is 6.09. The van der Waals surface area contributed by atoms with Crippen molar-refractivity contribution in [1.82, 2.24) is 5.32 Å². The number of rotatable bonds is 5. The molecule has 0 radical (unpaired) electrons. The summed E-state index contributed by atoms with van der Waals surface area (Å²) >= 11 is 0. The molecule has 116 valence electrons. The summed E-state index contributed by atoms with van der Waals surface area (Å²) in [6.45, 7) is 3.19. The fourth-order valence-corrected chi connectivity index (χ4v) is 2.33. The van der Waals surface area contributed by atoms with E-state index in [0.29, 0.717) is 5.56 Å². The first-order chi connectivity index (χ1) is 10.6. The Kier molecular flexibility index (Phi) is 5.12. The lowest BCUT2D eigenvalue weighted by Gasteiger charge is -2.16. The van der Waals surface area contributed by atoms with E-state index in [0.717, 1.165) is 16.3 Å². The van der Waals surface area contributed by atoms with Crippen LogP contribution in [0.5, 0.6) is 0 Å². The largest absolute Gasteiger partial charge is 0.464 e. The predicted octanol–water partition coefficient (Wildman–Crippen LogP) is 1.80. The van der Waals surface area contributed by atoms with Crippen LogP contribution in [0.4, 0.5) is 0 Å². The van der Waals surface area contributed by atoms with E-state index < -0.39 is 24.5 Å². The second kappa shape index (κ2) is 7.04. The van der Waals surface area contributed by atoms with Gasteiger partial charge in [0.05, 0.1) is 18.8 Å². The van der Waals surface area contributed by atoms with E-state index in [-0.39, 0.29) is 6.61 Å². The van der Waals surface area contributed by atoms with Crippen molar-refractivity contribution in [2.24, 2.45) is 0 Å². The lowest BCUT2D eigenvalue weighted by atomic mass is 9.99. The van der Waals surface area contributed by atoms with Gasteiger partial charge in [-0.05, 0) is 30.2 Å². The maximum absolute atomic E-state index is 12.5. The van der Waals surface area contributed by atoms with Crippen LogP contribution in [0.2, 0.25) is 0 Å². The molecule has 2 aromatic carbocycles. The Labute approximate surface area is 128 Å². The van der Waals surface area contributed by atoms with Crippen molar-refractivity contribution in [1.29, 1.82) is 0 Å². The number of hydrogen-bond donors (Lipinski definition) is 2. The Bertz CT molecular complexity index is 696. The van der Waals surface area contributed by atoms with Crippen LogP contribution in [0.1, 0.15) is 22.8 Å². The first-order valence-corrected chi connectivity index (χ1v) is 7.15. The lowest BCUT2D eigenvalue weighted by Crippen LogP contribution is -2.44. The van der Waals surface area contributed by atoms with Crippen LogP contribution in [-0.2, 0) is 9.53 Å². The molecule has 0 saturated carbocycles. The molecule has 0 aromatic heterocycles. The van der Waals surface area contributed by atoms with Crippen LogP contribution in [-0.4, -0.2) is 36.2 Å². The summed E-state index contributed by atoms with van der Waals surface area (Å²) in [7, 11) is 0. The van der Waals surface area contributed by atoms with E-state index in [1.165, 1.54) is 0 Å². The summed E-state index contributed by atoms with van der Waals surface area (Å²) in [5.41, 5.74) is 1.30. The molecule has 5 heteroatoms. The summed E-state index contributed by atoms with van der Waals surface area (Å²) in [5.74, 6) is -1.04. The van der Waals surface area contributed by atoms with Gasteiger partial charge < -0.3 is 15.2 Å². The van der Waals surface area contributed by atoms with Crippen LogP contribution < -0.4 is 5.32 Å². The number of fused-ring (bicyclic) bond motifs is 1. The molecule has 0 bridgehead atoms. The molecular formula is C17H19NO4. The Hall–Kier alpha value is -2.40. The second-order valence-corrected chi connectivity index (χ2v) is 4.94. The third-order valence-electron chi connectivity index (χ3n) is 3.42. The smallest absolute Gasteiger partial charge is 0.331 e. The predicted molar refractivity (Wildman–Crippen MR) is 83.7 cm³/mol. The maximum atomic E-state index is 12.5. The number of hydrogen-bond acceptors (Lipinski definition) is 4. The highest BCUT2D eigenvalue weighted by Gasteiger charge is 2.23. The molecular weight excluding hydrogens is 282 g/mol. The zero-order valence-corrected chi connectivity index (χ0v) is 12.6. The molecule has 0 aliphatic rings. The Balaban J connectivity index is 2.33. The molecule has 5 nitrogen and oxygen atoms in total. The standard InChI is InChI=1S/C17H19NO4/c1-3-22-17(21)14(10-19)18-16(20)15-11(2)8-9-12-6-4-5-7-13(12)15/h4-9,14,19H,3,10H2,1-2H3,(H,18,20)/t14-/m0/s1. The summed E-state index contributed by atoms with van der Waals surface area (Å²) in [6.07, 6.45) is 0. The van der Waals surface area contributed by atoms with Gasteiger partial charge in [0.15, 0.2) is 6.04 Å². The van der Waals surface area contributed by atoms with Crippen LogP contribution >= 0.6 is 0 Å². The normalized spacial score (nSPS) is 12.0.